The van der Waals surface area contributed by atoms with Crippen LogP contribution in [0.25, 0.3) is 6.08 Å². The van der Waals surface area contributed by atoms with Crippen molar-refractivity contribution in [3.63, 3.8) is 0 Å². The molecule has 11 heteroatoms. The quantitative estimate of drug-likeness (QED) is 0.127. The molecule has 0 bridgehead atoms. The van der Waals surface area contributed by atoms with Crippen molar-refractivity contribution in [1.82, 2.24) is 5.32 Å². The molecule has 0 aliphatic carbocycles. The minimum absolute atomic E-state index is 0.355. The average molecular weight is 542 g/mol. The number of methoxy groups -OCH3 is 1. The number of ether oxygens (including phenoxy) is 3. The maximum absolute atomic E-state index is 11.9. The Labute approximate surface area is 221 Å². The fourth-order valence-corrected chi connectivity index (χ4v) is 6.14. The second-order valence-corrected chi connectivity index (χ2v) is 10.7. The molecule has 1 aromatic carbocycles. The summed E-state index contributed by atoms with van der Waals surface area (Å²) >= 11 is 0. The Morgan fingerprint density at radius 3 is 2.16 bits per heavy atom. The summed E-state index contributed by atoms with van der Waals surface area (Å²) in [5.74, 6) is 0.150. The summed E-state index contributed by atoms with van der Waals surface area (Å²) in [4.78, 5) is 22.6. The molecule has 0 atom stereocenters. The Balaban J connectivity index is 2.20. The monoisotopic (exact) mass is 541 g/mol. The van der Waals surface area contributed by atoms with Crippen LogP contribution in [0.15, 0.2) is 24.3 Å². The first-order chi connectivity index (χ1) is 17.9. The van der Waals surface area contributed by atoms with E-state index < -0.39 is 20.9 Å². The Bertz CT molecular complexity index is 802. The van der Waals surface area contributed by atoms with Gasteiger partial charge in [-0.1, -0.05) is 6.07 Å². The predicted octanol–water partition coefficient (Wildman–Crippen LogP) is 4.90. The maximum Gasteiger partial charge on any atom is 0.500 e. The number of carboxylic acid groups (broad SMARTS) is 1. The summed E-state index contributed by atoms with van der Waals surface area (Å²) in [6.45, 7) is 8.67. The molecule has 1 amide bonds. The van der Waals surface area contributed by atoms with Crippen molar-refractivity contribution < 1.29 is 42.2 Å². The number of unbranched alkanes of at least 4 members (excludes halogenated alkanes) is 3. The summed E-state index contributed by atoms with van der Waals surface area (Å²) in [6, 6.07) is 5.89. The Morgan fingerprint density at radius 1 is 0.919 bits per heavy atom. The van der Waals surface area contributed by atoms with Gasteiger partial charge in [-0.2, -0.15) is 0 Å². The van der Waals surface area contributed by atoms with E-state index in [0.717, 1.165) is 31.8 Å². The first-order valence-corrected chi connectivity index (χ1v) is 14.9. The highest BCUT2D eigenvalue weighted by Crippen LogP contribution is 2.29. The van der Waals surface area contributed by atoms with E-state index in [9.17, 15) is 9.59 Å². The van der Waals surface area contributed by atoms with Gasteiger partial charge in [0.1, 0.15) is 0 Å². The van der Waals surface area contributed by atoms with Crippen LogP contribution in [0.5, 0.6) is 11.5 Å². The molecule has 1 aromatic rings. The van der Waals surface area contributed by atoms with E-state index in [2.05, 4.69) is 5.32 Å². The zero-order valence-corrected chi connectivity index (χ0v) is 23.6. The van der Waals surface area contributed by atoms with Crippen LogP contribution in [0, 0.1) is 0 Å². The topological polar surface area (TPSA) is 122 Å². The van der Waals surface area contributed by atoms with E-state index in [-0.39, 0.29) is 0 Å². The minimum atomic E-state index is -2.69. The lowest BCUT2D eigenvalue weighted by atomic mass is 10.2. The van der Waals surface area contributed by atoms with Gasteiger partial charge in [-0.15, -0.1) is 0 Å². The van der Waals surface area contributed by atoms with Crippen LogP contribution < -0.4 is 14.8 Å². The molecule has 0 radical (unpaired) electrons. The molecule has 1 rings (SSSR count). The van der Waals surface area contributed by atoms with Crippen LogP contribution in [-0.2, 0) is 22.8 Å². The molecule has 0 fully saturated rings. The zero-order valence-electron chi connectivity index (χ0n) is 22.6. The highest BCUT2D eigenvalue weighted by atomic mass is 28.4. The fourth-order valence-electron chi connectivity index (χ4n) is 3.53. The fraction of sp³-hybridized carbons (Fsp3) is 0.615. The summed E-state index contributed by atoms with van der Waals surface area (Å²) in [7, 11) is -1.13. The zero-order chi connectivity index (χ0) is 27.4. The van der Waals surface area contributed by atoms with Crippen LogP contribution in [0.2, 0.25) is 6.04 Å². The van der Waals surface area contributed by atoms with Gasteiger partial charge in [0.2, 0.25) is 0 Å². The lowest BCUT2D eigenvalue weighted by Gasteiger charge is -2.28. The third-order valence-electron chi connectivity index (χ3n) is 5.16. The first kappa shape index (κ1) is 32.4. The number of carboxylic acids is 1. The largest absolute Gasteiger partial charge is 0.500 e. The van der Waals surface area contributed by atoms with Crippen LogP contribution in [0.1, 0.15) is 58.4 Å². The Hall–Kier alpha value is -2.60. The highest BCUT2D eigenvalue weighted by molar-refractivity contribution is 6.60. The Kier molecular flexibility index (Phi) is 17.1. The number of alkyl carbamates (subject to hydrolysis) is 1. The van der Waals surface area contributed by atoms with Gasteiger partial charge in [-0.3, -0.25) is 0 Å². The molecule has 0 aliphatic heterocycles. The molecular weight excluding hydrogens is 498 g/mol. The number of carbonyl (C=O) groups excluding carboxylic acids is 1. The second-order valence-electron chi connectivity index (χ2n) is 7.99. The van der Waals surface area contributed by atoms with Crippen molar-refractivity contribution >= 4 is 26.9 Å². The van der Waals surface area contributed by atoms with Crippen molar-refractivity contribution in [3.05, 3.63) is 29.8 Å². The standard InChI is InChI=1S/C26H43NO9Si/c1-5-34-37(35-6-2,36-7-3)20-12-17-27-26(30)33-19-11-9-8-10-18-32-24-21-22(14-16-25(28)29)13-15-23(24)31-4/h13-16,21H,5-12,17-20H2,1-4H3,(H,27,30)(H,28,29)/b16-14+. The van der Waals surface area contributed by atoms with Gasteiger partial charge in [0.15, 0.2) is 11.5 Å². The third kappa shape index (κ3) is 14.1. The molecule has 210 valence electrons. The van der Waals surface area contributed by atoms with Gasteiger partial charge in [0.25, 0.3) is 0 Å². The van der Waals surface area contributed by atoms with Gasteiger partial charge in [-0.25, -0.2) is 9.59 Å². The molecule has 2 N–H and O–H groups in total. The van der Waals surface area contributed by atoms with Crippen molar-refractivity contribution in [2.45, 2.75) is 58.9 Å². The lowest BCUT2D eigenvalue weighted by Crippen LogP contribution is -2.46. The van der Waals surface area contributed by atoms with Gasteiger partial charge in [-0.05, 0) is 76.6 Å². The number of carbonyl (C=O) groups is 2. The van der Waals surface area contributed by atoms with Crippen LogP contribution in [-0.4, -0.2) is 72.7 Å². The molecule has 0 saturated carbocycles. The normalized spacial score (nSPS) is 11.5. The van der Waals surface area contributed by atoms with E-state index >= 15 is 0 Å². The number of benzene rings is 1. The van der Waals surface area contributed by atoms with Gasteiger partial charge in [0, 0.05) is 38.5 Å². The summed E-state index contributed by atoms with van der Waals surface area (Å²) in [5.41, 5.74) is 0.716. The van der Waals surface area contributed by atoms with Gasteiger partial charge in [0.05, 0.1) is 20.3 Å². The number of amides is 1. The molecule has 37 heavy (non-hydrogen) atoms. The number of nitrogens with one attached hydrogen (secondary N) is 1. The number of rotatable bonds is 21. The van der Waals surface area contributed by atoms with Crippen molar-refractivity contribution in [3.8, 4) is 11.5 Å². The van der Waals surface area contributed by atoms with Crippen LogP contribution in [0.3, 0.4) is 0 Å². The molecule has 0 aliphatic rings. The summed E-state index contributed by atoms with van der Waals surface area (Å²) in [6.07, 6.45) is 6.26. The third-order valence-corrected chi connectivity index (χ3v) is 8.31. The second kappa shape index (κ2) is 19.5. The maximum atomic E-state index is 11.9. The van der Waals surface area contributed by atoms with Crippen molar-refractivity contribution in [2.75, 3.05) is 46.7 Å². The minimum Gasteiger partial charge on any atom is -0.493 e. The van der Waals surface area contributed by atoms with E-state index in [1.807, 2.05) is 20.8 Å². The number of hydrogen-bond acceptors (Lipinski definition) is 8. The Morgan fingerprint density at radius 2 is 1.57 bits per heavy atom. The molecule has 0 aromatic heterocycles. The van der Waals surface area contributed by atoms with E-state index in [1.54, 1.807) is 25.3 Å². The number of hydrogen-bond donors (Lipinski definition) is 2. The predicted molar refractivity (Wildman–Crippen MR) is 143 cm³/mol. The SMILES string of the molecule is CCO[Si](CCCNC(=O)OCCCCCCOc1cc(/C=C/C(=O)O)ccc1OC)(OCC)OCC. The molecule has 0 unspecified atom stereocenters. The van der Waals surface area contributed by atoms with Crippen molar-refractivity contribution in [1.29, 1.82) is 0 Å². The molecular formula is C26H43NO9Si. The smallest absolute Gasteiger partial charge is 0.493 e. The van der Waals surface area contributed by atoms with Crippen LogP contribution >= 0.6 is 0 Å². The molecule has 0 heterocycles. The van der Waals surface area contributed by atoms with E-state index in [0.29, 0.717) is 69.1 Å². The molecule has 10 nitrogen and oxygen atoms in total. The number of aliphatic carboxylic acids is 1. The van der Waals surface area contributed by atoms with Gasteiger partial charge < -0.3 is 37.9 Å². The average Bonchev–Trinajstić information content (AvgIpc) is 2.87. The first-order valence-electron chi connectivity index (χ1n) is 12.9. The van der Waals surface area contributed by atoms with Crippen LogP contribution in [0.4, 0.5) is 4.79 Å². The van der Waals surface area contributed by atoms with E-state index in [4.69, 9.17) is 32.6 Å². The lowest BCUT2D eigenvalue weighted by molar-refractivity contribution is -0.131. The highest BCUT2D eigenvalue weighted by Gasteiger charge is 2.39. The van der Waals surface area contributed by atoms with Gasteiger partial charge >= 0.3 is 20.9 Å². The molecule has 0 saturated heterocycles. The van der Waals surface area contributed by atoms with E-state index in [1.165, 1.54) is 6.08 Å². The summed E-state index contributed by atoms with van der Waals surface area (Å²) in [5, 5.41) is 11.5. The summed E-state index contributed by atoms with van der Waals surface area (Å²) < 4.78 is 33.8. The molecule has 0 spiro atoms. The van der Waals surface area contributed by atoms with Crippen molar-refractivity contribution in [2.24, 2.45) is 0 Å².